The summed E-state index contributed by atoms with van der Waals surface area (Å²) in [5, 5.41) is 15.4. The summed E-state index contributed by atoms with van der Waals surface area (Å²) in [6.07, 6.45) is 0.131. The number of carbonyl (C=O) groups is 1. The maximum atomic E-state index is 10.9. The largest absolute Gasteiger partial charge is 0.481 e. The van der Waals surface area contributed by atoms with Crippen molar-refractivity contribution in [3.05, 3.63) is 24.3 Å². The number of nitrogens with zero attached hydrogens (tertiary/aromatic N) is 1. The van der Waals surface area contributed by atoms with Gasteiger partial charge >= 0.3 is 5.97 Å². The lowest BCUT2D eigenvalue weighted by molar-refractivity contribution is -0.138. The van der Waals surface area contributed by atoms with Crippen molar-refractivity contribution in [2.24, 2.45) is 0 Å². The Morgan fingerprint density at radius 2 is 2.22 bits per heavy atom. The van der Waals surface area contributed by atoms with Crippen molar-refractivity contribution in [1.82, 2.24) is 5.32 Å². The van der Waals surface area contributed by atoms with Gasteiger partial charge in [-0.25, -0.2) is 0 Å². The van der Waals surface area contributed by atoms with Crippen LogP contribution in [-0.4, -0.2) is 43.8 Å². The number of nitrogens with one attached hydrogen (secondary N) is 2. The highest BCUT2D eigenvalue weighted by molar-refractivity contribution is 5.70. The summed E-state index contributed by atoms with van der Waals surface area (Å²) in [5.41, 5.74) is 1.71. The molecule has 18 heavy (non-hydrogen) atoms. The van der Waals surface area contributed by atoms with Gasteiger partial charge in [-0.2, -0.15) is 0 Å². The molecular formula is C13H19N3O2. The number of carboxylic acid groups (broad SMARTS) is 1. The molecule has 1 saturated heterocycles. The van der Waals surface area contributed by atoms with Gasteiger partial charge in [0, 0.05) is 38.6 Å². The van der Waals surface area contributed by atoms with Crippen LogP contribution in [0, 0.1) is 0 Å². The molecule has 98 valence electrons. The molecule has 0 aliphatic carbocycles. The zero-order valence-electron chi connectivity index (χ0n) is 10.7. The number of anilines is 2. The molecule has 0 atom stereocenters. The van der Waals surface area contributed by atoms with Crippen molar-refractivity contribution in [2.75, 3.05) is 37.4 Å². The quantitative estimate of drug-likeness (QED) is 0.726. The zero-order valence-corrected chi connectivity index (χ0v) is 10.7. The van der Waals surface area contributed by atoms with Gasteiger partial charge in [-0.3, -0.25) is 4.79 Å². The smallest absolute Gasteiger partial charge is 0.305 e. The minimum Gasteiger partial charge on any atom is -0.481 e. The lowest BCUT2D eigenvalue weighted by Gasteiger charge is -2.43. The molecule has 5 nitrogen and oxygen atoms in total. The molecule has 1 heterocycles. The van der Waals surface area contributed by atoms with E-state index in [9.17, 15) is 4.79 Å². The van der Waals surface area contributed by atoms with Crippen molar-refractivity contribution < 1.29 is 9.90 Å². The number of hydrogen-bond acceptors (Lipinski definition) is 4. The van der Waals surface area contributed by atoms with Crippen LogP contribution in [0.3, 0.4) is 0 Å². The second-order valence-corrected chi connectivity index (χ2v) is 5.02. The second-order valence-electron chi connectivity index (χ2n) is 5.02. The summed E-state index contributed by atoms with van der Waals surface area (Å²) in [6.45, 7) is 1.37. The zero-order chi connectivity index (χ0) is 13.2. The summed E-state index contributed by atoms with van der Waals surface area (Å²) < 4.78 is 0. The molecule has 1 aliphatic heterocycles. The van der Waals surface area contributed by atoms with Gasteiger partial charge in [0.2, 0.25) is 0 Å². The number of rotatable bonds is 5. The van der Waals surface area contributed by atoms with Gasteiger partial charge in [-0.1, -0.05) is 6.07 Å². The molecule has 1 aromatic carbocycles. The fourth-order valence-corrected chi connectivity index (χ4v) is 2.14. The van der Waals surface area contributed by atoms with E-state index < -0.39 is 5.97 Å². The standard InChI is InChI=1S/C13H19N3O2/c1-16(2)11-5-3-4-10(6-11)15-13(7-12(17)18)8-14-9-13/h3-6,14-15H,7-9H2,1-2H3,(H,17,18). The number of aliphatic carboxylic acids is 1. The van der Waals surface area contributed by atoms with Crippen LogP contribution in [0.25, 0.3) is 0 Å². The van der Waals surface area contributed by atoms with Gasteiger partial charge in [0.25, 0.3) is 0 Å². The van der Waals surface area contributed by atoms with Crippen LogP contribution in [-0.2, 0) is 4.79 Å². The average molecular weight is 249 g/mol. The van der Waals surface area contributed by atoms with E-state index in [1.807, 2.05) is 43.3 Å². The van der Waals surface area contributed by atoms with Crippen LogP contribution < -0.4 is 15.5 Å². The van der Waals surface area contributed by atoms with Gasteiger partial charge in [0.1, 0.15) is 0 Å². The summed E-state index contributed by atoms with van der Waals surface area (Å²) in [5.74, 6) is -0.771. The third-order valence-electron chi connectivity index (χ3n) is 3.19. The molecule has 3 N–H and O–H groups in total. The SMILES string of the molecule is CN(C)c1cccc(NC2(CC(=O)O)CNC2)c1. The Kier molecular flexibility index (Phi) is 3.43. The number of carboxylic acids is 1. The molecule has 0 unspecified atom stereocenters. The van der Waals surface area contributed by atoms with E-state index in [0.717, 1.165) is 11.4 Å². The highest BCUT2D eigenvalue weighted by atomic mass is 16.4. The lowest BCUT2D eigenvalue weighted by Crippen LogP contribution is -2.65. The van der Waals surface area contributed by atoms with Crippen molar-refractivity contribution in [3.63, 3.8) is 0 Å². The predicted octanol–water partition coefficient (Wildman–Crippen LogP) is 0.981. The Labute approximate surface area is 107 Å². The first-order chi connectivity index (χ1) is 8.51. The highest BCUT2D eigenvalue weighted by Gasteiger charge is 2.38. The van der Waals surface area contributed by atoms with Crippen LogP contribution in [0.4, 0.5) is 11.4 Å². The Bertz CT molecular complexity index is 442. The summed E-state index contributed by atoms with van der Waals surface area (Å²) in [4.78, 5) is 12.9. The van der Waals surface area contributed by atoms with Crippen LogP contribution in [0.15, 0.2) is 24.3 Å². The fourth-order valence-electron chi connectivity index (χ4n) is 2.14. The van der Waals surface area contributed by atoms with Gasteiger partial charge in [0.05, 0.1) is 12.0 Å². The van der Waals surface area contributed by atoms with E-state index in [-0.39, 0.29) is 12.0 Å². The molecule has 0 saturated carbocycles. The van der Waals surface area contributed by atoms with E-state index in [0.29, 0.717) is 13.1 Å². The van der Waals surface area contributed by atoms with E-state index in [1.165, 1.54) is 0 Å². The molecule has 0 bridgehead atoms. The second kappa shape index (κ2) is 4.86. The predicted molar refractivity (Wildman–Crippen MR) is 72.2 cm³/mol. The van der Waals surface area contributed by atoms with E-state index >= 15 is 0 Å². The van der Waals surface area contributed by atoms with Crippen LogP contribution >= 0.6 is 0 Å². The first kappa shape index (κ1) is 12.7. The molecule has 0 spiro atoms. The van der Waals surface area contributed by atoms with E-state index in [2.05, 4.69) is 10.6 Å². The highest BCUT2D eigenvalue weighted by Crippen LogP contribution is 2.25. The van der Waals surface area contributed by atoms with Gasteiger partial charge in [0.15, 0.2) is 0 Å². The molecule has 5 heteroatoms. The minimum absolute atomic E-state index is 0.131. The Morgan fingerprint density at radius 1 is 1.50 bits per heavy atom. The molecular weight excluding hydrogens is 230 g/mol. The molecule has 1 aromatic rings. The van der Waals surface area contributed by atoms with Gasteiger partial charge in [-0.05, 0) is 18.2 Å². The van der Waals surface area contributed by atoms with Crippen molar-refractivity contribution in [3.8, 4) is 0 Å². The monoisotopic (exact) mass is 249 g/mol. The summed E-state index contributed by atoms with van der Waals surface area (Å²) >= 11 is 0. The first-order valence-electron chi connectivity index (χ1n) is 5.99. The third kappa shape index (κ3) is 2.73. The molecule has 0 amide bonds. The van der Waals surface area contributed by atoms with Crippen molar-refractivity contribution in [2.45, 2.75) is 12.0 Å². The molecule has 1 aliphatic rings. The first-order valence-corrected chi connectivity index (χ1v) is 5.99. The van der Waals surface area contributed by atoms with Crippen LogP contribution in [0.5, 0.6) is 0 Å². The van der Waals surface area contributed by atoms with Crippen molar-refractivity contribution in [1.29, 1.82) is 0 Å². The topological polar surface area (TPSA) is 64.6 Å². The maximum absolute atomic E-state index is 10.9. The fraction of sp³-hybridized carbons (Fsp3) is 0.462. The van der Waals surface area contributed by atoms with E-state index in [4.69, 9.17) is 5.11 Å². The minimum atomic E-state index is -0.771. The third-order valence-corrected chi connectivity index (χ3v) is 3.19. The lowest BCUT2D eigenvalue weighted by atomic mass is 9.88. The number of benzene rings is 1. The summed E-state index contributed by atoms with van der Waals surface area (Å²) in [6, 6.07) is 7.99. The Balaban J connectivity index is 2.12. The van der Waals surface area contributed by atoms with Crippen LogP contribution in [0.2, 0.25) is 0 Å². The molecule has 0 radical (unpaired) electrons. The summed E-state index contributed by atoms with van der Waals surface area (Å²) in [7, 11) is 3.97. The molecule has 2 rings (SSSR count). The van der Waals surface area contributed by atoms with E-state index in [1.54, 1.807) is 0 Å². The van der Waals surface area contributed by atoms with Crippen LogP contribution in [0.1, 0.15) is 6.42 Å². The average Bonchev–Trinajstić information content (AvgIpc) is 2.25. The van der Waals surface area contributed by atoms with Gasteiger partial charge < -0.3 is 20.6 Å². The maximum Gasteiger partial charge on any atom is 0.305 e. The number of hydrogen-bond donors (Lipinski definition) is 3. The Morgan fingerprint density at radius 3 is 2.72 bits per heavy atom. The molecule has 0 aromatic heterocycles. The van der Waals surface area contributed by atoms with Crippen molar-refractivity contribution >= 4 is 17.3 Å². The Hall–Kier alpha value is -1.75. The normalized spacial score (nSPS) is 16.8. The molecule has 1 fully saturated rings. The van der Waals surface area contributed by atoms with Gasteiger partial charge in [-0.15, -0.1) is 0 Å².